The van der Waals surface area contributed by atoms with Crippen LogP contribution in [0.3, 0.4) is 0 Å². The molecule has 0 radical (unpaired) electrons. The van der Waals surface area contributed by atoms with Crippen LogP contribution in [0.5, 0.6) is 11.5 Å². The topological polar surface area (TPSA) is 22.1 Å². The van der Waals surface area contributed by atoms with Gasteiger partial charge in [-0.3, -0.25) is 4.98 Å². The summed E-state index contributed by atoms with van der Waals surface area (Å²) < 4.78 is 7.30. The summed E-state index contributed by atoms with van der Waals surface area (Å²) in [4.78, 5) is 5.58. The molecular formula is C25H17NOS. The molecule has 0 saturated heterocycles. The van der Waals surface area contributed by atoms with Crippen molar-refractivity contribution in [3.05, 3.63) is 103 Å². The molecule has 3 aromatic carbocycles. The molecule has 0 aliphatic carbocycles. The van der Waals surface area contributed by atoms with Crippen LogP contribution >= 0.6 is 11.3 Å². The van der Waals surface area contributed by atoms with Crippen LogP contribution in [0, 0.1) is 0 Å². The number of rotatable bonds is 4. The highest BCUT2D eigenvalue weighted by Gasteiger charge is 2.10. The number of ether oxygens (including phenoxy) is 1. The van der Waals surface area contributed by atoms with Gasteiger partial charge in [0.05, 0.1) is 10.9 Å². The first kappa shape index (κ1) is 16.7. The van der Waals surface area contributed by atoms with E-state index < -0.39 is 0 Å². The Balaban J connectivity index is 1.46. The van der Waals surface area contributed by atoms with Gasteiger partial charge in [0.25, 0.3) is 0 Å². The van der Waals surface area contributed by atoms with Crippen molar-refractivity contribution in [1.29, 1.82) is 0 Å². The highest BCUT2D eigenvalue weighted by molar-refractivity contribution is 7.22. The SMILES string of the molecule is c1ccc(-c2ccc(Oc3cncc4sc(-c5ccccc5)cc34)cc2)cc1. The van der Waals surface area contributed by atoms with Crippen LogP contribution in [0.2, 0.25) is 0 Å². The summed E-state index contributed by atoms with van der Waals surface area (Å²) >= 11 is 1.73. The molecule has 0 N–H and O–H groups in total. The monoisotopic (exact) mass is 379 g/mol. The fourth-order valence-corrected chi connectivity index (χ4v) is 4.29. The van der Waals surface area contributed by atoms with E-state index in [-0.39, 0.29) is 0 Å². The molecule has 0 spiro atoms. The van der Waals surface area contributed by atoms with Crippen molar-refractivity contribution >= 4 is 21.4 Å². The molecule has 2 aromatic heterocycles. The van der Waals surface area contributed by atoms with Gasteiger partial charge < -0.3 is 4.74 Å². The smallest absolute Gasteiger partial charge is 0.154 e. The van der Waals surface area contributed by atoms with E-state index in [9.17, 15) is 0 Å². The van der Waals surface area contributed by atoms with E-state index in [1.165, 1.54) is 21.6 Å². The lowest BCUT2D eigenvalue weighted by Gasteiger charge is -2.08. The molecule has 0 fully saturated rings. The summed E-state index contributed by atoms with van der Waals surface area (Å²) in [6.07, 6.45) is 3.69. The minimum atomic E-state index is 0.781. The maximum absolute atomic E-state index is 6.18. The van der Waals surface area contributed by atoms with E-state index in [4.69, 9.17) is 4.74 Å². The molecule has 134 valence electrons. The van der Waals surface area contributed by atoms with Gasteiger partial charge in [-0.15, -0.1) is 11.3 Å². The molecule has 5 rings (SSSR count). The van der Waals surface area contributed by atoms with Gasteiger partial charge in [-0.1, -0.05) is 72.8 Å². The summed E-state index contributed by atoms with van der Waals surface area (Å²) in [5.41, 5.74) is 3.58. The first-order chi connectivity index (χ1) is 13.9. The second-order valence-corrected chi connectivity index (χ2v) is 7.60. The fourth-order valence-electron chi connectivity index (χ4n) is 3.23. The minimum absolute atomic E-state index is 0.781. The standard InChI is InChI=1S/C25H17NOS/c1-3-7-18(8-4-1)19-11-13-21(14-12-19)27-23-16-26-17-25-22(23)15-24(28-25)20-9-5-2-6-10-20/h1-17H. The zero-order valence-corrected chi connectivity index (χ0v) is 15.9. The van der Waals surface area contributed by atoms with Crippen LogP contribution in [0.1, 0.15) is 0 Å². The molecule has 0 unspecified atom stereocenters. The molecule has 0 aliphatic heterocycles. The third-order valence-corrected chi connectivity index (χ3v) is 5.78. The van der Waals surface area contributed by atoms with Crippen LogP contribution in [0.4, 0.5) is 0 Å². The van der Waals surface area contributed by atoms with Crippen LogP contribution < -0.4 is 4.74 Å². The van der Waals surface area contributed by atoms with Gasteiger partial charge in [0.15, 0.2) is 5.75 Å². The summed E-state index contributed by atoms with van der Waals surface area (Å²) in [5.74, 6) is 1.59. The Morgan fingerprint density at radius 3 is 2.00 bits per heavy atom. The van der Waals surface area contributed by atoms with Crippen molar-refractivity contribution in [2.24, 2.45) is 0 Å². The number of thiophene rings is 1. The molecule has 0 aliphatic rings. The average Bonchev–Trinajstić information content (AvgIpc) is 3.21. The minimum Gasteiger partial charge on any atom is -0.455 e. The lowest BCUT2D eigenvalue weighted by atomic mass is 10.1. The number of hydrogen-bond acceptors (Lipinski definition) is 3. The van der Waals surface area contributed by atoms with E-state index in [0.29, 0.717) is 0 Å². The van der Waals surface area contributed by atoms with Crippen molar-refractivity contribution in [3.63, 3.8) is 0 Å². The van der Waals surface area contributed by atoms with Crippen molar-refractivity contribution in [2.75, 3.05) is 0 Å². The van der Waals surface area contributed by atoms with E-state index in [2.05, 4.69) is 59.6 Å². The largest absolute Gasteiger partial charge is 0.455 e. The third kappa shape index (κ3) is 3.28. The highest BCUT2D eigenvalue weighted by Crippen LogP contribution is 2.38. The van der Waals surface area contributed by atoms with Crippen LogP contribution in [-0.2, 0) is 0 Å². The Labute approximate surface area is 167 Å². The fraction of sp³-hybridized carbons (Fsp3) is 0. The molecule has 28 heavy (non-hydrogen) atoms. The number of fused-ring (bicyclic) bond motifs is 1. The average molecular weight is 379 g/mol. The van der Waals surface area contributed by atoms with Gasteiger partial charge in [-0.05, 0) is 34.9 Å². The summed E-state index contributed by atoms with van der Waals surface area (Å²) in [5, 5.41) is 1.09. The van der Waals surface area contributed by atoms with Gasteiger partial charge in [-0.25, -0.2) is 0 Å². The van der Waals surface area contributed by atoms with E-state index >= 15 is 0 Å². The lowest BCUT2D eigenvalue weighted by Crippen LogP contribution is -1.86. The first-order valence-corrected chi connectivity index (χ1v) is 9.95. The molecule has 0 saturated carbocycles. The third-order valence-electron chi connectivity index (χ3n) is 4.66. The van der Waals surface area contributed by atoms with Crippen LogP contribution in [0.15, 0.2) is 103 Å². The molecule has 0 bridgehead atoms. The number of nitrogens with zero attached hydrogens (tertiary/aromatic N) is 1. The number of benzene rings is 3. The Morgan fingerprint density at radius 1 is 0.643 bits per heavy atom. The lowest BCUT2D eigenvalue weighted by molar-refractivity contribution is 0.486. The van der Waals surface area contributed by atoms with E-state index in [0.717, 1.165) is 21.6 Å². The van der Waals surface area contributed by atoms with Gasteiger partial charge in [-0.2, -0.15) is 0 Å². The Hall–Kier alpha value is -3.43. The molecule has 0 atom stereocenters. The molecular weight excluding hydrogens is 362 g/mol. The second kappa shape index (κ2) is 7.29. The summed E-state index contributed by atoms with van der Waals surface area (Å²) in [6.45, 7) is 0. The zero-order valence-electron chi connectivity index (χ0n) is 15.1. The van der Waals surface area contributed by atoms with E-state index in [1.807, 2.05) is 42.6 Å². The van der Waals surface area contributed by atoms with Crippen molar-refractivity contribution in [1.82, 2.24) is 4.98 Å². The number of hydrogen-bond donors (Lipinski definition) is 0. The second-order valence-electron chi connectivity index (χ2n) is 6.52. The normalized spacial score (nSPS) is 10.9. The van der Waals surface area contributed by atoms with Gasteiger partial charge in [0.1, 0.15) is 5.75 Å². The molecule has 2 nitrogen and oxygen atoms in total. The molecule has 5 aromatic rings. The maximum Gasteiger partial charge on any atom is 0.154 e. The number of pyridine rings is 1. The van der Waals surface area contributed by atoms with Crippen LogP contribution in [0.25, 0.3) is 31.7 Å². The van der Waals surface area contributed by atoms with Crippen molar-refractivity contribution in [3.8, 4) is 33.1 Å². The summed E-state index contributed by atoms with van der Waals surface area (Å²) in [7, 11) is 0. The number of aromatic nitrogens is 1. The van der Waals surface area contributed by atoms with Crippen molar-refractivity contribution in [2.45, 2.75) is 0 Å². The Bertz CT molecular complexity index is 1210. The molecule has 0 amide bonds. The predicted molar refractivity (Wildman–Crippen MR) is 117 cm³/mol. The van der Waals surface area contributed by atoms with Gasteiger partial charge >= 0.3 is 0 Å². The van der Waals surface area contributed by atoms with Gasteiger partial charge in [0.2, 0.25) is 0 Å². The Morgan fingerprint density at radius 2 is 1.29 bits per heavy atom. The predicted octanol–water partition coefficient (Wildman–Crippen LogP) is 7.42. The zero-order chi connectivity index (χ0) is 18.8. The van der Waals surface area contributed by atoms with E-state index in [1.54, 1.807) is 17.5 Å². The highest BCUT2D eigenvalue weighted by atomic mass is 32.1. The first-order valence-electron chi connectivity index (χ1n) is 9.13. The van der Waals surface area contributed by atoms with Gasteiger partial charge in [0, 0.05) is 16.5 Å². The maximum atomic E-state index is 6.18. The molecule has 3 heteroatoms. The molecule has 2 heterocycles. The summed E-state index contributed by atoms with van der Waals surface area (Å²) in [6, 6.07) is 31.1. The quantitative estimate of drug-likeness (QED) is 0.324. The van der Waals surface area contributed by atoms with Crippen molar-refractivity contribution < 1.29 is 4.74 Å². The van der Waals surface area contributed by atoms with Crippen LogP contribution in [-0.4, -0.2) is 4.98 Å². The Kier molecular flexibility index (Phi) is 4.36.